The van der Waals surface area contributed by atoms with E-state index in [9.17, 15) is 9.90 Å². The third kappa shape index (κ3) is 3.68. The number of para-hydroxylation sites is 2. The average Bonchev–Trinajstić information content (AvgIpc) is 2.86. The molecule has 0 saturated heterocycles. The molecule has 0 aliphatic heterocycles. The van der Waals surface area contributed by atoms with Gasteiger partial charge in [-0.1, -0.05) is 44.2 Å². The number of aromatic hydroxyl groups is 1. The molecule has 130 valence electrons. The maximum absolute atomic E-state index is 12.6. The Morgan fingerprint density at radius 1 is 0.920 bits per heavy atom. The van der Waals surface area contributed by atoms with Crippen LogP contribution in [-0.2, 0) is 7.05 Å². The molecule has 0 aliphatic carbocycles. The van der Waals surface area contributed by atoms with Crippen LogP contribution in [0.4, 0.5) is 11.4 Å². The lowest BCUT2D eigenvalue weighted by Crippen LogP contribution is -2.19. The molecule has 2 aromatic carbocycles. The van der Waals surface area contributed by atoms with Gasteiger partial charge in [-0.15, -0.1) is 10.2 Å². The van der Waals surface area contributed by atoms with Gasteiger partial charge >= 0.3 is 0 Å². The van der Waals surface area contributed by atoms with Crippen LogP contribution in [0, 0.1) is 6.92 Å². The minimum absolute atomic E-state index is 0.0215. The fourth-order valence-corrected chi connectivity index (χ4v) is 2.32. The van der Waals surface area contributed by atoms with Crippen LogP contribution in [0.25, 0.3) is 5.69 Å². The summed E-state index contributed by atoms with van der Waals surface area (Å²) < 4.78 is 3.27. The fourth-order valence-electron chi connectivity index (χ4n) is 2.32. The van der Waals surface area contributed by atoms with Gasteiger partial charge in [0.05, 0.1) is 11.4 Å². The number of aromatic nitrogens is 2. The van der Waals surface area contributed by atoms with E-state index in [0.717, 1.165) is 5.69 Å². The number of benzene rings is 2. The molecule has 25 heavy (non-hydrogen) atoms. The van der Waals surface area contributed by atoms with Gasteiger partial charge in [0.2, 0.25) is 0 Å². The van der Waals surface area contributed by atoms with Crippen molar-refractivity contribution in [2.24, 2.45) is 17.3 Å². The van der Waals surface area contributed by atoms with E-state index in [1.807, 2.05) is 44.2 Å². The first-order valence-corrected chi connectivity index (χ1v) is 8.13. The van der Waals surface area contributed by atoms with Gasteiger partial charge in [0.1, 0.15) is 11.4 Å². The highest BCUT2D eigenvalue weighted by Crippen LogP contribution is 2.27. The molecule has 0 spiro atoms. The molecular weight excluding hydrogens is 316 g/mol. The summed E-state index contributed by atoms with van der Waals surface area (Å²) in [7, 11) is 1.79. The van der Waals surface area contributed by atoms with Gasteiger partial charge in [0, 0.05) is 7.05 Å². The van der Waals surface area contributed by atoms with Crippen LogP contribution in [0.5, 0.6) is 5.75 Å². The number of phenols is 1. The minimum Gasteiger partial charge on any atom is -0.506 e. The van der Waals surface area contributed by atoms with E-state index in [1.54, 1.807) is 36.9 Å². The largest absolute Gasteiger partial charge is 0.506 e. The normalized spacial score (nSPS) is 10.6. The van der Waals surface area contributed by atoms with Gasteiger partial charge < -0.3 is 5.11 Å². The number of phenolic OH excluding ortho intramolecular Hbond substituents is 1. The predicted octanol–water partition coefficient (Wildman–Crippen LogP) is 4.63. The lowest BCUT2D eigenvalue weighted by molar-refractivity contribution is 0.476. The van der Waals surface area contributed by atoms with Crippen molar-refractivity contribution in [1.29, 1.82) is 0 Å². The van der Waals surface area contributed by atoms with Crippen molar-refractivity contribution in [2.75, 3.05) is 0 Å². The quantitative estimate of drug-likeness (QED) is 0.707. The first kappa shape index (κ1) is 18.2. The maximum Gasteiger partial charge on any atom is 0.299 e. The molecule has 1 aromatic heterocycles. The molecule has 1 heterocycles. The van der Waals surface area contributed by atoms with Crippen LogP contribution < -0.4 is 5.56 Å². The number of rotatable bonds is 3. The lowest BCUT2D eigenvalue weighted by Gasteiger charge is -2.07. The zero-order valence-corrected chi connectivity index (χ0v) is 14.8. The Kier molecular flexibility index (Phi) is 5.89. The predicted molar refractivity (Wildman–Crippen MR) is 99.4 cm³/mol. The molecule has 0 saturated carbocycles. The van der Waals surface area contributed by atoms with Gasteiger partial charge in [-0.05, 0) is 31.2 Å². The van der Waals surface area contributed by atoms with E-state index in [-0.39, 0.29) is 17.0 Å². The Hall–Kier alpha value is -3.15. The summed E-state index contributed by atoms with van der Waals surface area (Å²) >= 11 is 0. The van der Waals surface area contributed by atoms with Crippen LogP contribution >= 0.6 is 0 Å². The second kappa shape index (κ2) is 8.10. The standard InChI is InChI=1S/C17H16N4O2.C2H6/c1-12-16(19-18-14-10-6-7-11-15(14)22)17(23)21(20(12)2)13-8-4-3-5-9-13;1-2/h3-11,22H,1-2H3;1-2H3. The smallest absolute Gasteiger partial charge is 0.299 e. The molecule has 0 aliphatic rings. The third-order valence-corrected chi connectivity index (χ3v) is 3.66. The number of nitrogens with zero attached hydrogens (tertiary/aromatic N) is 4. The average molecular weight is 338 g/mol. The van der Waals surface area contributed by atoms with E-state index in [1.165, 1.54) is 10.7 Å². The number of azo groups is 1. The Balaban J connectivity index is 0.00000109. The maximum atomic E-state index is 12.6. The second-order valence-corrected chi connectivity index (χ2v) is 5.10. The number of hydrogen-bond donors (Lipinski definition) is 1. The second-order valence-electron chi connectivity index (χ2n) is 5.10. The molecule has 0 radical (unpaired) electrons. The molecule has 6 heteroatoms. The van der Waals surface area contributed by atoms with Gasteiger partial charge in [-0.2, -0.15) is 0 Å². The lowest BCUT2D eigenvalue weighted by atomic mass is 10.3. The van der Waals surface area contributed by atoms with Crippen molar-refractivity contribution in [3.8, 4) is 11.4 Å². The van der Waals surface area contributed by atoms with Crippen molar-refractivity contribution in [3.63, 3.8) is 0 Å². The summed E-state index contributed by atoms with van der Waals surface area (Å²) in [6.45, 7) is 5.81. The van der Waals surface area contributed by atoms with Crippen molar-refractivity contribution in [1.82, 2.24) is 9.36 Å². The monoisotopic (exact) mass is 338 g/mol. The topological polar surface area (TPSA) is 71.9 Å². The summed E-state index contributed by atoms with van der Waals surface area (Å²) in [5.74, 6) is 0.0215. The summed E-state index contributed by atoms with van der Waals surface area (Å²) in [6, 6.07) is 15.9. The molecule has 0 fully saturated rings. The Morgan fingerprint density at radius 3 is 2.16 bits per heavy atom. The summed E-state index contributed by atoms with van der Waals surface area (Å²) in [4.78, 5) is 12.6. The minimum atomic E-state index is -0.254. The Morgan fingerprint density at radius 2 is 1.52 bits per heavy atom. The molecule has 0 bridgehead atoms. The number of hydrogen-bond acceptors (Lipinski definition) is 4. The van der Waals surface area contributed by atoms with Crippen LogP contribution in [-0.4, -0.2) is 14.5 Å². The zero-order valence-electron chi connectivity index (χ0n) is 14.8. The molecule has 3 aromatic rings. The van der Waals surface area contributed by atoms with E-state index < -0.39 is 0 Å². The van der Waals surface area contributed by atoms with Crippen molar-refractivity contribution in [3.05, 3.63) is 70.6 Å². The van der Waals surface area contributed by atoms with Gasteiger partial charge in [0.15, 0.2) is 5.69 Å². The van der Waals surface area contributed by atoms with Crippen molar-refractivity contribution >= 4 is 11.4 Å². The summed E-state index contributed by atoms with van der Waals surface area (Å²) in [6.07, 6.45) is 0. The highest BCUT2D eigenvalue weighted by Gasteiger charge is 2.15. The SMILES string of the molecule is CC.Cc1c(N=Nc2ccccc2O)c(=O)n(-c2ccccc2)n1C. The highest BCUT2D eigenvalue weighted by atomic mass is 16.3. The molecule has 0 unspecified atom stereocenters. The highest BCUT2D eigenvalue weighted by molar-refractivity contribution is 5.51. The molecular formula is C19H22N4O2. The van der Waals surface area contributed by atoms with Crippen LogP contribution in [0.15, 0.2) is 69.6 Å². The first-order chi connectivity index (χ1) is 12.1. The van der Waals surface area contributed by atoms with Crippen LogP contribution in [0.1, 0.15) is 19.5 Å². The summed E-state index contributed by atoms with van der Waals surface area (Å²) in [5.41, 5.74) is 1.77. The van der Waals surface area contributed by atoms with Crippen molar-refractivity contribution < 1.29 is 5.11 Å². The van der Waals surface area contributed by atoms with E-state index in [0.29, 0.717) is 11.4 Å². The first-order valence-electron chi connectivity index (χ1n) is 8.13. The molecule has 3 rings (SSSR count). The third-order valence-electron chi connectivity index (χ3n) is 3.66. The zero-order chi connectivity index (χ0) is 18.4. The molecule has 1 N–H and O–H groups in total. The van der Waals surface area contributed by atoms with Gasteiger partial charge in [0.25, 0.3) is 5.56 Å². The van der Waals surface area contributed by atoms with Gasteiger partial charge in [-0.25, -0.2) is 4.68 Å². The Bertz CT molecular complexity index is 924. The fraction of sp³-hybridized carbons (Fsp3) is 0.211. The van der Waals surface area contributed by atoms with E-state index in [2.05, 4.69) is 10.2 Å². The van der Waals surface area contributed by atoms with Gasteiger partial charge in [-0.3, -0.25) is 9.48 Å². The van der Waals surface area contributed by atoms with Crippen LogP contribution in [0.2, 0.25) is 0 Å². The Labute approximate surface area is 146 Å². The molecule has 6 nitrogen and oxygen atoms in total. The van der Waals surface area contributed by atoms with E-state index >= 15 is 0 Å². The summed E-state index contributed by atoms with van der Waals surface area (Å²) in [5, 5.41) is 17.8. The van der Waals surface area contributed by atoms with E-state index in [4.69, 9.17) is 0 Å². The van der Waals surface area contributed by atoms with Crippen molar-refractivity contribution in [2.45, 2.75) is 20.8 Å². The van der Waals surface area contributed by atoms with Crippen LogP contribution in [0.3, 0.4) is 0 Å². The molecule has 0 amide bonds. The molecule has 0 atom stereocenters.